The minimum Gasteiger partial charge on any atom is -0.343 e. The number of thiol groups is 1. The van der Waals surface area contributed by atoms with Crippen LogP contribution in [0.4, 0.5) is 0 Å². The summed E-state index contributed by atoms with van der Waals surface area (Å²) in [6, 6.07) is 2.21. The maximum atomic E-state index is 4.39. The third-order valence-corrected chi connectivity index (χ3v) is 2.96. The van der Waals surface area contributed by atoms with Crippen molar-refractivity contribution in [1.82, 2.24) is 4.57 Å². The van der Waals surface area contributed by atoms with E-state index in [1.807, 2.05) is 0 Å². The van der Waals surface area contributed by atoms with Gasteiger partial charge in [-0.2, -0.15) is 0 Å². The molecule has 2 rings (SSSR count). The number of hydrogen-bond acceptors (Lipinski definition) is 1. The van der Waals surface area contributed by atoms with Gasteiger partial charge in [-0.25, -0.2) is 0 Å². The summed E-state index contributed by atoms with van der Waals surface area (Å²) in [5.74, 6) is 0. The highest BCUT2D eigenvalue weighted by molar-refractivity contribution is 7.80. The number of nitrogens with zero attached hydrogens (tertiary/aromatic N) is 1. The van der Waals surface area contributed by atoms with Crippen LogP contribution in [0.3, 0.4) is 0 Å². The number of aromatic nitrogens is 1. The maximum Gasteiger partial charge on any atom is 0.0719 e. The Kier molecular flexibility index (Phi) is 1.72. The smallest absolute Gasteiger partial charge is 0.0719 e. The molecule has 1 aromatic rings. The highest BCUT2D eigenvalue weighted by Crippen LogP contribution is 2.25. The van der Waals surface area contributed by atoms with Crippen molar-refractivity contribution in [3.63, 3.8) is 0 Å². The van der Waals surface area contributed by atoms with Crippen LogP contribution >= 0.6 is 12.6 Å². The molecule has 0 aromatic carbocycles. The monoisotopic (exact) mass is 167 g/mol. The van der Waals surface area contributed by atoms with Gasteiger partial charge in [0, 0.05) is 12.7 Å². The highest BCUT2D eigenvalue weighted by atomic mass is 32.1. The second-order valence-corrected chi connectivity index (χ2v) is 3.70. The average molecular weight is 167 g/mol. The quantitative estimate of drug-likeness (QED) is 0.565. The molecule has 1 aliphatic carbocycles. The number of fused-ring (bicyclic) bond motifs is 1. The third kappa shape index (κ3) is 1.09. The Balaban J connectivity index is 2.50. The van der Waals surface area contributed by atoms with Crippen LogP contribution in [0.1, 0.15) is 24.1 Å². The van der Waals surface area contributed by atoms with E-state index in [1.54, 1.807) is 0 Å². The topological polar surface area (TPSA) is 4.93 Å². The number of aryl methyl sites for hydroxylation is 1. The molecule has 0 radical (unpaired) electrons. The molecule has 0 atom stereocenters. The molecular formula is C9H13NS. The molecule has 0 amide bonds. The molecule has 0 bridgehead atoms. The maximum absolute atomic E-state index is 4.39. The molecule has 2 heteroatoms. The van der Waals surface area contributed by atoms with Gasteiger partial charge in [0.1, 0.15) is 0 Å². The fourth-order valence-electron chi connectivity index (χ4n) is 1.84. The molecule has 0 spiro atoms. The Morgan fingerprint density at radius 2 is 2.09 bits per heavy atom. The number of hydrogen-bond donors (Lipinski definition) is 1. The van der Waals surface area contributed by atoms with E-state index in [1.165, 1.54) is 36.9 Å². The first kappa shape index (κ1) is 7.29. The normalized spacial score (nSPS) is 16.5. The molecule has 60 valence electrons. The summed E-state index contributed by atoms with van der Waals surface area (Å²) in [5.41, 5.74) is 3.02. The van der Waals surface area contributed by atoms with E-state index >= 15 is 0 Å². The van der Waals surface area contributed by atoms with Gasteiger partial charge in [0.25, 0.3) is 0 Å². The van der Waals surface area contributed by atoms with Crippen LogP contribution in [0.25, 0.3) is 0 Å². The van der Waals surface area contributed by atoms with Crippen LogP contribution in [0, 0.1) is 0 Å². The Morgan fingerprint density at radius 3 is 2.82 bits per heavy atom. The van der Waals surface area contributed by atoms with Crippen molar-refractivity contribution in [2.24, 2.45) is 7.05 Å². The van der Waals surface area contributed by atoms with E-state index in [4.69, 9.17) is 0 Å². The SMILES string of the molecule is Cn1c(S)cc2c1CCCC2. The molecule has 0 saturated carbocycles. The minimum absolute atomic E-state index is 1.11. The molecule has 1 aromatic heterocycles. The summed E-state index contributed by atoms with van der Waals surface area (Å²) in [6.45, 7) is 0. The van der Waals surface area contributed by atoms with Gasteiger partial charge in [-0.3, -0.25) is 0 Å². The van der Waals surface area contributed by atoms with Gasteiger partial charge in [-0.05, 0) is 37.3 Å². The lowest BCUT2D eigenvalue weighted by Gasteiger charge is -2.12. The zero-order valence-electron chi connectivity index (χ0n) is 6.80. The molecule has 11 heavy (non-hydrogen) atoms. The van der Waals surface area contributed by atoms with Gasteiger partial charge in [-0.15, -0.1) is 12.6 Å². The largest absolute Gasteiger partial charge is 0.343 e. The fourth-order valence-corrected chi connectivity index (χ4v) is 2.12. The van der Waals surface area contributed by atoms with Gasteiger partial charge >= 0.3 is 0 Å². The molecule has 0 unspecified atom stereocenters. The molecular weight excluding hydrogens is 154 g/mol. The van der Waals surface area contributed by atoms with E-state index in [2.05, 4.69) is 30.3 Å². The van der Waals surface area contributed by atoms with Crippen molar-refractivity contribution in [3.8, 4) is 0 Å². The molecule has 1 heterocycles. The van der Waals surface area contributed by atoms with Crippen LogP contribution in [0.2, 0.25) is 0 Å². The Hall–Kier alpha value is -0.370. The van der Waals surface area contributed by atoms with Crippen molar-refractivity contribution in [2.75, 3.05) is 0 Å². The predicted molar refractivity (Wildman–Crippen MR) is 49.3 cm³/mol. The lowest BCUT2D eigenvalue weighted by molar-refractivity contribution is 0.638. The minimum atomic E-state index is 1.11. The van der Waals surface area contributed by atoms with Crippen LogP contribution < -0.4 is 0 Å². The van der Waals surface area contributed by atoms with E-state index in [-0.39, 0.29) is 0 Å². The van der Waals surface area contributed by atoms with Crippen molar-refractivity contribution >= 4 is 12.6 Å². The molecule has 1 aliphatic rings. The van der Waals surface area contributed by atoms with Crippen LogP contribution in [0.5, 0.6) is 0 Å². The fraction of sp³-hybridized carbons (Fsp3) is 0.556. The Morgan fingerprint density at radius 1 is 1.36 bits per heavy atom. The summed E-state index contributed by atoms with van der Waals surface area (Å²) < 4.78 is 2.21. The third-order valence-electron chi connectivity index (χ3n) is 2.53. The van der Waals surface area contributed by atoms with E-state index in [9.17, 15) is 0 Å². The summed E-state index contributed by atoms with van der Waals surface area (Å²) in [4.78, 5) is 0. The van der Waals surface area contributed by atoms with Crippen molar-refractivity contribution in [1.29, 1.82) is 0 Å². The van der Waals surface area contributed by atoms with Gasteiger partial charge in [0.2, 0.25) is 0 Å². The lowest BCUT2D eigenvalue weighted by Crippen LogP contribution is -2.04. The van der Waals surface area contributed by atoms with E-state index in [0.29, 0.717) is 0 Å². The number of rotatable bonds is 0. The first-order chi connectivity index (χ1) is 5.29. The van der Waals surface area contributed by atoms with Gasteiger partial charge in [0.15, 0.2) is 0 Å². The second kappa shape index (κ2) is 2.59. The predicted octanol–water partition coefficient (Wildman–Crippen LogP) is 2.19. The first-order valence-electron chi connectivity index (χ1n) is 4.15. The second-order valence-electron chi connectivity index (χ2n) is 3.24. The molecule has 0 aliphatic heterocycles. The van der Waals surface area contributed by atoms with E-state index < -0.39 is 0 Å². The van der Waals surface area contributed by atoms with Gasteiger partial charge < -0.3 is 4.57 Å². The zero-order valence-corrected chi connectivity index (χ0v) is 7.69. The molecule has 0 saturated heterocycles. The van der Waals surface area contributed by atoms with Crippen LogP contribution in [-0.2, 0) is 19.9 Å². The van der Waals surface area contributed by atoms with Crippen molar-refractivity contribution < 1.29 is 0 Å². The molecule has 1 nitrogen and oxygen atoms in total. The Labute approximate surface area is 72.8 Å². The molecule has 0 fully saturated rings. The first-order valence-corrected chi connectivity index (χ1v) is 4.60. The van der Waals surface area contributed by atoms with E-state index in [0.717, 1.165) is 5.03 Å². The lowest BCUT2D eigenvalue weighted by atomic mass is 9.98. The van der Waals surface area contributed by atoms with Crippen LogP contribution in [0.15, 0.2) is 11.1 Å². The zero-order chi connectivity index (χ0) is 7.84. The van der Waals surface area contributed by atoms with Crippen LogP contribution in [-0.4, -0.2) is 4.57 Å². The Bertz CT molecular complexity index is 275. The summed E-state index contributed by atoms with van der Waals surface area (Å²) in [6.07, 6.45) is 5.19. The summed E-state index contributed by atoms with van der Waals surface area (Å²) in [7, 11) is 2.10. The highest BCUT2D eigenvalue weighted by Gasteiger charge is 2.13. The summed E-state index contributed by atoms with van der Waals surface area (Å²) in [5, 5.41) is 1.11. The standard InChI is InChI=1S/C9H13NS/c1-10-8-5-3-2-4-7(8)6-9(10)11/h6,11H,2-5H2,1H3. The summed E-state index contributed by atoms with van der Waals surface area (Å²) >= 11 is 4.39. The van der Waals surface area contributed by atoms with Gasteiger partial charge in [-0.1, -0.05) is 0 Å². The van der Waals surface area contributed by atoms with Crippen molar-refractivity contribution in [3.05, 3.63) is 17.3 Å². The average Bonchev–Trinajstić information content (AvgIpc) is 2.30. The molecule has 0 N–H and O–H groups in total. The van der Waals surface area contributed by atoms with Crippen molar-refractivity contribution in [2.45, 2.75) is 30.7 Å². The van der Waals surface area contributed by atoms with Gasteiger partial charge in [0.05, 0.1) is 5.03 Å².